The summed E-state index contributed by atoms with van der Waals surface area (Å²) < 4.78 is 1.13. The predicted octanol–water partition coefficient (Wildman–Crippen LogP) is 3.47. The molecule has 1 N–H and O–H groups in total. The van der Waals surface area contributed by atoms with Gasteiger partial charge in [-0.2, -0.15) is 0 Å². The Balaban J connectivity index is 2.25. The molecule has 1 fully saturated rings. The highest BCUT2D eigenvalue weighted by molar-refractivity contribution is 9.10. The highest BCUT2D eigenvalue weighted by Crippen LogP contribution is 2.36. The maximum atomic E-state index is 9.93. The molecule has 0 amide bonds. The van der Waals surface area contributed by atoms with Gasteiger partial charge in [0.2, 0.25) is 0 Å². The topological polar surface area (TPSA) is 20.2 Å². The molecule has 0 radical (unpaired) electrons. The lowest BCUT2D eigenvalue weighted by Gasteiger charge is -2.28. The van der Waals surface area contributed by atoms with Gasteiger partial charge in [-0.1, -0.05) is 47.0 Å². The molecule has 2 heteroatoms. The number of hydrogen-bond acceptors (Lipinski definition) is 1. The summed E-state index contributed by atoms with van der Waals surface area (Å²) in [4.78, 5) is 0. The van der Waals surface area contributed by atoms with E-state index in [1.165, 1.54) is 18.4 Å². The second kappa shape index (κ2) is 4.45. The first-order chi connectivity index (χ1) is 6.79. The van der Waals surface area contributed by atoms with Crippen LogP contribution in [0.4, 0.5) is 0 Å². The van der Waals surface area contributed by atoms with Crippen LogP contribution in [0.3, 0.4) is 0 Å². The number of halogens is 1. The van der Waals surface area contributed by atoms with Gasteiger partial charge in [0.15, 0.2) is 0 Å². The van der Waals surface area contributed by atoms with Crippen LogP contribution in [-0.2, 0) is 0 Å². The van der Waals surface area contributed by atoms with Gasteiger partial charge in [0.1, 0.15) is 0 Å². The summed E-state index contributed by atoms with van der Waals surface area (Å²) in [6.45, 7) is 0. The van der Waals surface area contributed by atoms with Crippen LogP contribution in [0.5, 0.6) is 0 Å². The molecule has 0 saturated heterocycles. The lowest BCUT2D eigenvalue weighted by Crippen LogP contribution is -2.22. The molecule has 2 rings (SSSR count). The largest absolute Gasteiger partial charge is 0.392 e. The van der Waals surface area contributed by atoms with Gasteiger partial charge < -0.3 is 5.11 Å². The minimum atomic E-state index is -0.151. The minimum absolute atomic E-state index is 0.151. The van der Waals surface area contributed by atoms with Gasteiger partial charge in [-0.15, -0.1) is 0 Å². The molecule has 1 aliphatic rings. The monoisotopic (exact) mass is 254 g/mol. The van der Waals surface area contributed by atoms with Crippen molar-refractivity contribution in [3.63, 3.8) is 0 Å². The summed E-state index contributed by atoms with van der Waals surface area (Å²) >= 11 is 3.55. The van der Waals surface area contributed by atoms with E-state index < -0.39 is 0 Å². The fourth-order valence-corrected chi connectivity index (χ4v) is 2.83. The van der Waals surface area contributed by atoms with Crippen molar-refractivity contribution < 1.29 is 5.11 Å². The Morgan fingerprint density at radius 1 is 1.14 bits per heavy atom. The van der Waals surface area contributed by atoms with Crippen molar-refractivity contribution >= 4 is 15.9 Å². The van der Waals surface area contributed by atoms with Crippen molar-refractivity contribution in [2.45, 2.75) is 37.7 Å². The van der Waals surface area contributed by atoms with Gasteiger partial charge in [-0.25, -0.2) is 0 Å². The molecule has 1 saturated carbocycles. The standard InChI is InChI=1S/C12H15BrO/c13-11-7-3-1-5-9(11)10-6-2-4-8-12(10)14/h1,3,5,7,10,12,14H,2,4,6,8H2/t10-,12-/m0/s1. The third-order valence-electron chi connectivity index (χ3n) is 3.03. The Bertz CT molecular complexity index is 311. The summed E-state index contributed by atoms with van der Waals surface area (Å²) in [5, 5.41) is 9.93. The zero-order valence-corrected chi connectivity index (χ0v) is 9.70. The summed E-state index contributed by atoms with van der Waals surface area (Å²) in [5.41, 5.74) is 1.26. The quantitative estimate of drug-likeness (QED) is 0.814. The van der Waals surface area contributed by atoms with E-state index in [9.17, 15) is 5.11 Å². The first-order valence-electron chi connectivity index (χ1n) is 5.21. The molecular formula is C12H15BrO. The molecule has 2 atom stereocenters. The Labute approximate surface area is 93.3 Å². The number of aliphatic hydroxyl groups is 1. The Hall–Kier alpha value is -0.340. The van der Waals surface area contributed by atoms with Crippen molar-refractivity contribution in [1.29, 1.82) is 0 Å². The van der Waals surface area contributed by atoms with Crippen LogP contribution in [0, 0.1) is 0 Å². The highest BCUT2D eigenvalue weighted by atomic mass is 79.9. The highest BCUT2D eigenvalue weighted by Gasteiger charge is 2.25. The molecule has 1 aromatic rings. The van der Waals surface area contributed by atoms with Crippen molar-refractivity contribution in [1.82, 2.24) is 0 Å². The van der Waals surface area contributed by atoms with Crippen molar-refractivity contribution in [2.75, 3.05) is 0 Å². The molecular weight excluding hydrogens is 240 g/mol. The lowest BCUT2D eigenvalue weighted by molar-refractivity contribution is 0.106. The maximum absolute atomic E-state index is 9.93. The SMILES string of the molecule is O[C@H]1CCCC[C@H]1c1ccccc1Br. The first-order valence-corrected chi connectivity index (χ1v) is 6.01. The van der Waals surface area contributed by atoms with E-state index in [2.05, 4.69) is 28.1 Å². The van der Waals surface area contributed by atoms with Crippen molar-refractivity contribution in [3.8, 4) is 0 Å². The van der Waals surface area contributed by atoms with E-state index in [-0.39, 0.29) is 6.10 Å². The number of aliphatic hydroxyl groups excluding tert-OH is 1. The average Bonchev–Trinajstić information content (AvgIpc) is 2.20. The molecule has 0 aliphatic heterocycles. The molecule has 14 heavy (non-hydrogen) atoms. The zero-order chi connectivity index (χ0) is 9.97. The van der Waals surface area contributed by atoms with Crippen molar-refractivity contribution in [3.05, 3.63) is 34.3 Å². The van der Waals surface area contributed by atoms with Crippen LogP contribution in [0.2, 0.25) is 0 Å². The van der Waals surface area contributed by atoms with Gasteiger partial charge in [0.05, 0.1) is 6.10 Å². The zero-order valence-electron chi connectivity index (χ0n) is 8.12. The lowest BCUT2D eigenvalue weighted by atomic mass is 9.82. The summed E-state index contributed by atoms with van der Waals surface area (Å²) in [5.74, 6) is 0.333. The third kappa shape index (κ3) is 2.01. The third-order valence-corrected chi connectivity index (χ3v) is 3.76. The van der Waals surface area contributed by atoms with Gasteiger partial charge >= 0.3 is 0 Å². The second-order valence-electron chi connectivity index (χ2n) is 3.98. The first kappa shape index (κ1) is 10.2. The Morgan fingerprint density at radius 2 is 1.86 bits per heavy atom. The van der Waals surface area contributed by atoms with E-state index in [0.29, 0.717) is 5.92 Å². The van der Waals surface area contributed by atoms with Crippen LogP contribution >= 0.6 is 15.9 Å². The maximum Gasteiger partial charge on any atom is 0.0609 e. The van der Waals surface area contributed by atoms with Crippen LogP contribution in [0.1, 0.15) is 37.2 Å². The van der Waals surface area contributed by atoms with Gasteiger partial charge in [-0.05, 0) is 24.5 Å². The molecule has 0 aromatic heterocycles. The molecule has 1 nitrogen and oxygen atoms in total. The number of benzene rings is 1. The van der Waals surface area contributed by atoms with Crippen LogP contribution in [-0.4, -0.2) is 11.2 Å². The molecule has 0 bridgehead atoms. The van der Waals surface area contributed by atoms with Crippen molar-refractivity contribution in [2.24, 2.45) is 0 Å². The van der Waals surface area contributed by atoms with Crippen LogP contribution in [0.15, 0.2) is 28.7 Å². The molecule has 0 heterocycles. The van der Waals surface area contributed by atoms with Gasteiger partial charge in [0.25, 0.3) is 0 Å². The Morgan fingerprint density at radius 3 is 2.57 bits per heavy atom. The van der Waals surface area contributed by atoms with E-state index in [1.54, 1.807) is 0 Å². The van der Waals surface area contributed by atoms with E-state index in [1.807, 2.05) is 12.1 Å². The number of hydrogen-bond donors (Lipinski definition) is 1. The van der Waals surface area contributed by atoms with E-state index >= 15 is 0 Å². The van der Waals surface area contributed by atoms with Gasteiger partial charge in [0, 0.05) is 10.4 Å². The molecule has 76 valence electrons. The van der Waals surface area contributed by atoms with Crippen LogP contribution in [0.25, 0.3) is 0 Å². The summed E-state index contributed by atoms with van der Waals surface area (Å²) in [6, 6.07) is 8.23. The molecule has 0 unspecified atom stereocenters. The van der Waals surface area contributed by atoms with E-state index in [0.717, 1.165) is 17.3 Å². The molecule has 1 aromatic carbocycles. The van der Waals surface area contributed by atoms with E-state index in [4.69, 9.17) is 0 Å². The second-order valence-corrected chi connectivity index (χ2v) is 4.83. The molecule has 0 spiro atoms. The normalized spacial score (nSPS) is 27.6. The molecule has 1 aliphatic carbocycles. The summed E-state index contributed by atoms with van der Waals surface area (Å²) in [6.07, 6.45) is 4.32. The fourth-order valence-electron chi connectivity index (χ4n) is 2.25. The average molecular weight is 255 g/mol. The van der Waals surface area contributed by atoms with Crippen LogP contribution < -0.4 is 0 Å². The Kier molecular flexibility index (Phi) is 3.24. The predicted molar refractivity (Wildman–Crippen MR) is 61.4 cm³/mol. The minimum Gasteiger partial charge on any atom is -0.392 e. The van der Waals surface area contributed by atoms with Gasteiger partial charge in [-0.3, -0.25) is 0 Å². The summed E-state index contributed by atoms with van der Waals surface area (Å²) in [7, 11) is 0. The fraction of sp³-hybridized carbons (Fsp3) is 0.500. The number of rotatable bonds is 1. The smallest absolute Gasteiger partial charge is 0.0609 e.